The molecule has 0 atom stereocenters. The fourth-order valence-electron chi connectivity index (χ4n) is 2.54. The van der Waals surface area contributed by atoms with E-state index < -0.39 is 0 Å². The summed E-state index contributed by atoms with van der Waals surface area (Å²) in [7, 11) is 0. The van der Waals surface area contributed by atoms with Crippen molar-refractivity contribution in [1.29, 1.82) is 0 Å². The quantitative estimate of drug-likeness (QED) is 0.475. The van der Waals surface area contributed by atoms with Gasteiger partial charge in [0.05, 0.1) is 0 Å². The molecule has 2 aromatic carbocycles. The van der Waals surface area contributed by atoms with Crippen LogP contribution in [-0.2, 0) is 19.5 Å². The second-order valence-electron chi connectivity index (χ2n) is 5.47. The Hall–Kier alpha value is -1.60. The number of fused-ring (bicyclic) bond motifs is 1. The minimum absolute atomic E-state index is 0. The Morgan fingerprint density at radius 1 is 0.565 bits per heavy atom. The predicted molar refractivity (Wildman–Crippen MR) is 96.3 cm³/mol. The summed E-state index contributed by atoms with van der Waals surface area (Å²) >= 11 is 0. The van der Waals surface area contributed by atoms with Crippen LogP contribution in [0, 0.1) is 10.8 Å². The minimum Gasteiger partial charge on any atom is -0.577 e. The molecule has 3 heteroatoms. The van der Waals surface area contributed by atoms with Crippen molar-refractivity contribution >= 4 is 10.8 Å². The van der Waals surface area contributed by atoms with Gasteiger partial charge in [-0.25, -0.2) is 0 Å². The fraction of sp³-hybridized carbons (Fsp3) is 0.250. The van der Waals surface area contributed by atoms with Crippen LogP contribution in [0.3, 0.4) is 0 Å². The Balaban J connectivity index is 0.000000366. The van der Waals surface area contributed by atoms with Crippen molar-refractivity contribution in [2.75, 3.05) is 0 Å². The molecule has 0 saturated heterocycles. The molecule has 0 unspecified atom stereocenters. The average molecular weight is 394 g/mol. The smallest absolute Gasteiger partial charge is 0.577 e. The van der Waals surface area contributed by atoms with Crippen molar-refractivity contribution in [3.8, 4) is 0 Å². The zero-order chi connectivity index (χ0) is 16.7. The van der Waals surface area contributed by atoms with Gasteiger partial charge in [-0.3, -0.25) is 0 Å². The maximum atomic E-state index is 7.25. The third-order valence-electron chi connectivity index (χ3n) is 4.47. The Bertz CT molecular complexity index is 614. The van der Waals surface area contributed by atoms with Crippen LogP contribution in [0.4, 0.5) is 0 Å². The zero-order valence-corrected chi connectivity index (χ0v) is 16.1. The van der Waals surface area contributed by atoms with E-state index in [4.69, 9.17) is 10.5 Å². The summed E-state index contributed by atoms with van der Waals surface area (Å²) in [4.78, 5) is 7.25. The van der Waals surface area contributed by atoms with E-state index in [1.54, 1.807) is 0 Å². The average Bonchev–Trinajstić information content (AvgIpc) is 2.75. The molecule has 0 aliphatic heterocycles. The van der Waals surface area contributed by atoms with Crippen molar-refractivity contribution in [2.45, 2.75) is 34.6 Å². The van der Waals surface area contributed by atoms with Gasteiger partial charge in [0.25, 0.3) is 0 Å². The van der Waals surface area contributed by atoms with Gasteiger partial charge in [-0.05, 0) is 49.6 Å². The summed E-state index contributed by atoms with van der Waals surface area (Å²) in [6.07, 6.45) is 0. The number of allylic oxidation sites excluding steroid dienone is 4. The van der Waals surface area contributed by atoms with Crippen LogP contribution in [0.2, 0.25) is 0 Å². The Labute approximate surface area is 152 Å². The molecule has 0 N–H and O–H groups in total. The predicted octanol–water partition coefficient (Wildman–Crippen LogP) is 6.43. The molecule has 0 amide bonds. The van der Waals surface area contributed by atoms with Crippen LogP contribution in [0.25, 0.3) is 16.4 Å². The molecule has 1 aliphatic carbocycles. The third-order valence-corrected chi connectivity index (χ3v) is 4.47. The molecule has 2 radical (unpaired) electrons. The molecule has 0 saturated carbocycles. The number of benzene rings is 2. The summed E-state index contributed by atoms with van der Waals surface area (Å²) in [5, 5.41) is 2.62. The first kappa shape index (κ1) is 21.4. The molecule has 1 aliphatic rings. The largest absolute Gasteiger partial charge is 1.00 e. The van der Waals surface area contributed by atoms with E-state index in [9.17, 15) is 0 Å². The third kappa shape index (κ3) is 5.21. The maximum Gasteiger partial charge on any atom is 1.00 e. The van der Waals surface area contributed by atoms with Gasteiger partial charge in [-0.1, -0.05) is 66.6 Å². The topological polar surface area (TPSA) is 39.4 Å². The molecule has 2 nitrogen and oxygen atoms in total. The number of nitrogens with zero attached hydrogens (tertiary/aromatic N) is 1. The van der Waals surface area contributed by atoms with Crippen molar-refractivity contribution < 1.29 is 19.5 Å². The van der Waals surface area contributed by atoms with Crippen molar-refractivity contribution in [2.24, 2.45) is 0 Å². The summed E-state index contributed by atoms with van der Waals surface area (Å²) < 4.78 is 0. The summed E-state index contributed by atoms with van der Waals surface area (Å²) in [5.74, 6) is 1.47. The van der Waals surface area contributed by atoms with Gasteiger partial charge >= 0.3 is 19.5 Å². The molecule has 0 heterocycles. The van der Waals surface area contributed by atoms with Crippen LogP contribution in [0.5, 0.6) is 0 Å². The molecule has 0 bridgehead atoms. The summed E-state index contributed by atoms with van der Waals surface area (Å²) in [6, 6.07) is 16.7. The van der Waals surface area contributed by atoms with Crippen molar-refractivity contribution in [3.05, 3.63) is 87.2 Å². The molecule has 0 aromatic heterocycles. The Kier molecular flexibility index (Phi) is 9.52. The molecule has 23 heavy (non-hydrogen) atoms. The second-order valence-corrected chi connectivity index (χ2v) is 5.47. The number of nitroso groups, excluding NO2 is 1. The SMILES string of the molecule is C[C]1C(C)=C(C)C(C)=C1C.[N-]=O.[Ru+].c1ccc2ccccc2c1. The molecule has 122 valence electrons. The molecule has 2 aromatic rings. The van der Waals surface area contributed by atoms with E-state index >= 15 is 0 Å². The van der Waals surface area contributed by atoms with E-state index in [0.29, 0.717) is 0 Å². The van der Waals surface area contributed by atoms with E-state index in [2.05, 4.69) is 83.1 Å². The van der Waals surface area contributed by atoms with Gasteiger partial charge in [-0.15, -0.1) is 0 Å². The number of hydrogen-bond donors (Lipinski definition) is 0. The van der Waals surface area contributed by atoms with Crippen LogP contribution in [0.1, 0.15) is 34.6 Å². The van der Waals surface area contributed by atoms with Gasteiger partial charge in [-0.2, -0.15) is 0 Å². The van der Waals surface area contributed by atoms with Crippen LogP contribution in [-0.4, -0.2) is 0 Å². The van der Waals surface area contributed by atoms with Crippen molar-refractivity contribution in [1.82, 2.24) is 0 Å². The minimum atomic E-state index is 0. The van der Waals surface area contributed by atoms with Gasteiger partial charge < -0.3 is 10.5 Å². The van der Waals surface area contributed by atoms with Gasteiger partial charge in [0.15, 0.2) is 0 Å². The maximum absolute atomic E-state index is 7.25. The molecular weight excluding hydrogens is 371 g/mol. The van der Waals surface area contributed by atoms with Crippen LogP contribution < -0.4 is 0 Å². The van der Waals surface area contributed by atoms with E-state index in [-0.39, 0.29) is 19.5 Å². The summed E-state index contributed by atoms with van der Waals surface area (Å²) in [6.45, 7) is 11.0. The molecule has 0 spiro atoms. The number of rotatable bonds is 0. The second kappa shape index (κ2) is 10.2. The summed E-state index contributed by atoms with van der Waals surface area (Å²) in [5.41, 5.74) is 11.6. The number of hydrogen-bond acceptors (Lipinski definition) is 1. The molecule has 3 rings (SSSR count). The van der Waals surface area contributed by atoms with Gasteiger partial charge in [0.1, 0.15) is 0 Å². The van der Waals surface area contributed by atoms with Gasteiger partial charge in [0.2, 0.25) is 0 Å². The van der Waals surface area contributed by atoms with E-state index in [1.165, 1.54) is 39.0 Å². The van der Waals surface area contributed by atoms with Crippen LogP contribution >= 0.6 is 0 Å². The van der Waals surface area contributed by atoms with Crippen LogP contribution in [0.15, 0.2) is 70.8 Å². The Morgan fingerprint density at radius 2 is 0.826 bits per heavy atom. The first-order chi connectivity index (χ1) is 10.5. The Morgan fingerprint density at radius 3 is 1.00 bits per heavy atom. The first-order valence-electron chi connectivity index (χ1n) is 7.34. The molecule has 0 fully saturated rings. The molecular formula is C20H23NORu. The standard InChI is InChI=1S/C10H8.C10H15.NO.Ru/c1-2-6-10-8-4-3-7-9(10)5-1;1-6-7(2)9(4)10(5)8(6)3;1-2;/h1-8H;1-5H3;;/q;;-1;+1. The fourth-order valence-corrected chi connectivity index (χ4v) is 2.54. The monoisotopic (exact) mass is 395 g/mol. The normalized spacial score (nSPS) is 13.8. The van der Waals surface area contributed by atoms with Crippen molar-refractivity contribution in [3.63, 3.8) is 0 Å². The van der Waals surface area contributed by atoms with E-state index in [0.717, 1.165) is 0 Å². The first-order valence-corrected chi connectivity index (χ1v) is 7.34. The van der Waals surface area contributed by atoms with E-state index in [1.807, 2.05) is 0 Å². The zero-order valence-electron chi connectivity index (χ0n) is 14.3. The van der Waals surface area contributed by atoms with Gasteiger partial charge in [0, 0.05) is 5.92 Å².